The van der Waals surface area contributed by atoms with Gasteiger partial charge in [0, 0.05) is 24.5 Å². The van der Waals surface area contributed by atoms with Gasteiger partial charge in [0.15, 0.2) is 0 Å². The van der Waals surface area contributed by atoms with Gasteiger partial charge in [0.25, 0.3) is 0 Å². The van der Waals surface area contributed by atoms with E-state index in [2.05, 4.69) is 17.1 Å². The Bertz CT molecular complexity index is 217. The molecule has 0 spiro atoms. The van der Waals surface area contributed by atoms with E-state index in [-0.39, 0.29) is 17.9 Å². The van der Waals surface area contributed by atoms with Gasteiger partial charge in [0.05, 0.1) is 0 Å². The number of hydrogen-bond donors (Lipinski definition) is 2. The Morgan fingerprint density at radius 1 is 1.24 bits per heavy atom. The molecule has 0 aliphatic heterocycles. The normalized spacial score (nSPS) is 16.6. The lowest BCUT2D eigenvalue weighted by Crippen LogP contribution is -2.40. The third-order valence-electron chi connectivity index (χ3n) is 3.20. The summed E-state index contributed by atoms with van der Waals surface area (Å²) < 4.78 is 0. The van der Waals surface area contributed by atoms with Gasteiger partial charge < -0.3 is 16.0 Å². The number of amides is 1. The quantitative estimate of drug-likeness (QED) is 0.673. The monoisotopic (exact) mass is 243 g/mol. The van der Waals surface area contributed by atoms with Crippen molar-refractivity contribution in [3.63, 3.8) is 0 Å². The van der Waals surface area contributed by atoms with Gasteiger partial charge in [-0.25, -0.2) is 0 Å². The second-order valence-corrected chi connectivity index (χ2v) is 5.37. The fourth-order valence-corrected chi connectivity index (χ4v) is 1.48. The number of hydrogen-bond acceptors (Lipinski definition) is 3. The van der Waals surface area contributed by atoms with Crippen molar-refractivity contribution in [2.75, 3.05) is 20.6 Å². The van der Waals surface area contributed by atoms with Gasteiger partial charge in [-0.1, -0.05) is 13.3 Å². The number of nitrogens with two attached hydrogens (primary N) is 1. The van der Waals surface area contributed by atoms with E-state index in [1.165, 1.54) is 0 Å². The van der Waals surface area contributed by atoms with Gasteiger partial charge in [0.2, 0.25) is 5.91 Å². The molecule has 0 rings (SSSR count). The molecule has 3 unspecified atom stereocenters. The molecule has 3 atom stereocenters. The Morgan fingerprint density at radius 2 is 1.82 bits per heavy atom. The molecule has 1 amide bonds. The molecular formula is C13H29N3O. The van der Waals surface area contributed by atoms with Crippen molar-refractivity contribution < 1.29 is 4.79 Å². The van der Waals surface area contributed by atoms with Crippen LogP contribution in [-0.2, 0) is 4.79 Å². The van der Waals surface area contributed by atoms with Crippen LogP contribution in [-0.4, -0.2) is 43.5 Å². The van der Waals surface area contributed by atoms with Crippen LogP contribution in [0.4, 0.5) is 0 Å². The van der Waals surface area contributed by atoms with Gasteiger partial charge >= 0.3 is 0 Å². The van der Waals surface area contributed by atoms with Crippen LogP contribution in [0.3, 0.4) is 0 Å². The Balaban J connectivity index is 3.74. The summed E-state index contributed by atoms with van der Waals surface area (Å²) in [4.78, 5) is 13.9. The van der Waals surface area contributed by atoms with Gasteiger partial charge in [0.1, 0.15) is 0 Å². The molecule has 102 valence electrons. The Hall–Kier alpha value is -0.610. The highest BCUT2D eigenvalue weighted by Crippen LogP contribution is 2.09. The maximum Gasteiger partial charge on any atom is 0.222 e. The first-order valence-corrected chi connectivity index (χ1v) is 6.54. The molecule has 0 saturated carbocycles. The number of rotatable bonds is 8. The molecule has 0 radical (unpaired) electrons. The lowest BCUT2D eigenvalue weighted by Gasteiger charge is -2.21. The van der Waals surface area contributed by atoms with E-state index in [1.807, 2.05) is 27.9 Å². The first kappa shape index (κ1) is 16.4. The number of nitrogens with zero attached hydrogens (tertiary/aromatic N) is 1. The fraction of sp³-hybridized carbons (Fsp3) is 0.923. The van der Waals surface area contributed by atoms with Crippen LogP contribution in [0.5, 0.6) is 0 Å². The van der Waals surface area contributed by atoms with E-state index in [1.54, 1.807) is 0 Å². The van der Waals surface area contributed by atoms with Crippen molar-refractivity contribution in [2.45, 2.75) is 52.1 Å². The lowest BCUT2D eigenvalue weighted by atomic mass is 10.0. The van der Waals surface area contributed by atoms with E-state index in [0.29, 0.717) is 12.6 Å². The number of nitrogens with one attached hydrogen (secondary N) is 1. The first-order valence-electron chi connectivity index (χ1n) is 6.54. The average Bonchev–Trinajstić information content (AvgIpc) is 2.24. The van der Waals surface area contributed by atoms with Gasteiger partial charge in [-0.15, -0.1) is 0 Å². The summed E-state index contributed by atoms with van der Waals surface area (Å²) in [5, 5.41) is 2.99. The Morgan fingerprint density at radius 3 is 2.29 bits per heavy atom. The largest absolute Gasteiger partial charge is 0.354 e. The van der Waals surface area contributed by atoms with Crippen molar-refractivity contribution >= 4 is 5.91 Å². The summed E-state index contributed by atoms with van der Waals surface area (Å²) in [6.07, 6.45) is 2.94. The smallest absolute Gasteiger partial charge is 0.222 e. The van der Waals surface area contributed by atoms with Crippen LogP contribution in [0, 0.1) is 5.92 Å². The molecule has 0 fully saturated rings. The Labute approximate surface area is 106 Å². The molecule has 0 heterocycles. The highest BCUT2D eigenvalue weighted by atomic mass is 16.1. The molecule has 0 saturated heterocycles. The van der Waals surface area contributed by atoms with E-state index < -0.39 is 0 Å². The highest BCUT2D eigenvalue weighted by molar-refractivity contribution is 5.78. The van der Waals surface area contributed by atoms with Crippen molar-refractivity contribution in [1.29, 1.82) is 0 Å². The first-order chi connectivity index (χ1) is 7.84. The van der Waals surface area contributed by atoms with E-state index in [4.69, 9.17) is 5.73 Å². The van der Waals surface area contributed by atoms with Gasteiger partial charge in [-0.3, -0.25) is 4.79 Å². The van der Waals surface area contributed by atoms with E-state index in [0.717, 1.165) is 19.3 Å². The van der Waals surface area contributed by atoms with E-state index in [9.17, 15) is 4.79 Å². The fourth-order valence-electron chi connectivity index (χ4n) is 1.48. The second-order valence-electron chi connectivity index (χ2n) is 5.37. The SMILES string of the molecule is CC(N)CCCC(C)C(=O)NCC(C)N(C)C. The molecule has 0 aromatic heterocycles. The predicted octanol–water partition coefficient (Wildman–Crippen LogP) is 1.21. The van der Waals surface area contributed by atoms with Gasteiger partial charge in [-0.05, 0) is 40.8 Å². The van der Waals surface area contributed by atoms with Crippen molar-refractivity contribution in [3.05, 3.63) is 0 Å². The molecule has 0 aliphatic carbocycles. The Kier molecular flexibility index (Phi) is 8.17. The molecule has 0 aliphatic rings. The number of carbonyl (C=O) groups is 1. The third kappa shape index (κ3) is 8.16. The molecule has 4 heteroatoms. The minimum atomic E-state index is 0.0862. The molecule has 17 heavy (non-hydrogen) atoms. The van der Waals surface area contributed by atoms with Crippen LogP contribution in [0.15, 0.2) is 0 Å². The van der Waals surface area contributed by atoms with Crippen LogP contribution in [0.1, 0.15) is 40.0 Å². The van der Waals surface area contributed by atoms with Gasteiger partial charge in [-0.2, -0.15) is 0 Å². The summed E-state index contributed by atoms with van der Waals surface area (Å²) in [5.41, 5.74) is 5.68. The van der Waals surface area contributed by atoms with Crippen molar-refractivity contribution in [2.24, 2.45) is 11.7 Å². The van der Waals surface area contributed by atoms with Crippen molar-refractivity contribution in [1.82, 2.24) is 10.2 Å². The summed E-state index contributed by atoms with van der Waals surface area (Å²) in [7, 11) is 4.03. The molecule has 0 aromatic carbocycles. The van der Waals surface area contributed by atoms with Crippen LogP contribution >= 0.6 is 0 Å². The maximum atomic E-state index is 11.8. The van der Waals surface area contributed by atoms with Crippen LogP contribution in [0.25, 0.3) is 0 Å². The van der Waals surface area contributed by atoms with E-state index >= 15 is 0 Å². The summed E-state index contributed by atoms with van der Waals surface area (Å²) >= 11 is 0. The zero-order valence-electron chi connectivity index (χ0n) is 12.0. The molecule has 4 nitrogen and oxygen atoms in total. The molecule has 0 bridgehead atoms. The predicted molar refractivity (Wildman–Crippen MR) is 72.8 cm³/mol. The minimum absolute atomic E-state index is 0.0862. The minimum Gasteiger partial charge on any atom is -0.354 e. The highest BCUT2D eigenvalue weighted by Gasteiger charge is 2.14. The second kappa shape index (κ2) is 8.48. The number of carbonyl (C=O) groups excluding carboxylic acids is 1. The lowest BCUT2D eigenvalue weighted by molar-refractivity contribution is -0.124. The number of likely N-dealkylation sites (N-methyl/N-ethyl adjacent to an activating group) is 1. The average molecular weight is 243 g/mol. The standard InChI is InChI=1S/C13H29N3O/c1-10(7-6-8-11(2)14)13(17)15-9-12(3)16(4)5/h10-12H,6-9,14H2,1-5H3,(H,15,17). The molecule has 0 aromatic rings. The third-order valence-corrected chi connectivity index (χ3v) is 3.20. The van der Waals surface area contributed by atoms with Crippen LogP contribution < -0.4 is 11.1 Å². The molecule has 3 N–H and O–H groups in total. The summed E-state index contributed by atoms with van der Waals surface area (Å²) in [6.45, 7) is 6.80. The zero-order valence-corrected chi connectivity index (χ0v) is 12.0. The summed E-state index contributed by atoms with van der Waals surface area (Å²) in [5.74, 6) is 0.242. The van der Waals surface area contributed by atoms with Crippen molar-refractivity contribution in [3.8, 4) is 0 Å². The van der Waals surface area contributed by atoms with Crippen LogP contribution in [0.2, 0.25) is 0 Å². The zero-order chi connectivity index (χ0) is 13.4. The topological polar surface area (TPSA) is 58.4 Å². The maximum absolute atomic E-state index is 11.8. The summed E-state index contributed by atoms with van der Waals surface area (Å²) in [6, 6.07) is 0.606. The molecular weight excluding hydrogens is 214 g/mol.